The number of likely N-dealkylation sites (tertiary alicyclic amines) is 1. The van der Waals surface area contributed by atoms with Crippen molar-refractivity contribution in [2.45, 2.75) is 25.3 Å². The van der Waals surface area contributed by atoms with E-state index in [4.69, 9.17) is 0 Å². The fraction of sp³-hybridized carbons (Fsp3) is 0.583. The third-order valence-corrected chi connectivity index (χ3v) is 3.41. The average Bonchev–Trinajstić information content (AvgIpc) is 2.38. The Bertz CT molecular complexity index is 424. The highest BCUT2D eigenvalue weighted by Crippen LogP contribution is 2.21. The number of pyridine rings is 1. The van der Waals surface area contributed by atoms with Gasteiger partial charge in [0.05, 0.1) is 4.92 Å². The molecule has 1 saturated heterocycles. The van der Waals surface area contributed by atoms with Gasteiger partial charge in [-0.2, -0.15) is 0 Å². The van der Waals surface area contributed by atoms with E-state index in [1.165, 1.54) is 18.9 Å². The van der Waals surface area contributed by atoms with Gasteiger partial charge in [-0.05, 0) is 32.5 Å². The van der Waals surface area contributed by atoms with E-state index in [-0.39, 0.29) is 5.69 Å². The predicted molar refractivity (Wildman–Crippen MR) is 69.7 cm³/mol. The van der Waals surface area contributed by atoms with Gasteiger partial charge in [0, 0.05) is 24.8 Å². The lowest BCUT2D eigenvalue weighted by molar-refractivity contribution is -0.384. The lowest BCUT2D eigenvalue weighted by atomic mass is 10.0. The lowest BCUT2D eigenvalue weighted by Gasteiger charge is -2.32. The second-order valence-corrected chi connectivity index (χ2v) is 4.64. The van der Waals surface area contributed by atoms with E-state index in [1.807, 2.05) is 0 Å². The number of hydrogen-bond donors (Lipinski definition) is 1. The number of nitro groups is 1. The fourth-order valence-electron chi connectivity index (χ4n) is 2.30. The number of piperidine rings is 1. The van der Waals surface area contributed by atoms with E-state index in [1.54, 1.807) is 12.3 Å². The fourth-order valence-corrected chi connectivity index (χ4v) is 2.30. The molecular formula is C12H18N4O2. The lowest BCUT2D eigenvalue weighted by Crippen LogP contribution is -2.40. The molecule has 0 aromatic carbocycles. The zero-order valence-electron chi connectivity index (χ0n) is 10.5. The molecule has 18 heavy (non-hydrogen) atoms. The second kappa shape index (κ2) is 5.77. The summed E-state index contributed by atoms with van der Waals surface area (Å²) in [6.07, 6.45) is 5.15. The van der Waals surface area contributed by atoms with Crippen molar-refractivity contribution in [2.75, 3.05) is 25.5 Å². The molecule has 1 N–H and O–H groups in total. The van der Waals surface area contributed by atoms with Gasteiger partial charge in [0.1, 0.15) is 0 Å². The van der Waals surface area contributed by atoms with Crippen LogP contribution < -0.4 is 5.32 Å². The molecule has 0 spiro atoms. The number of nitrogens with one attached hydrogen (secondary N) is 1. The molecule has 0 aliphatic carbocycles. The van der Waals surface area contributed by atoms with Crippen LogP contribution >= 0.6 is 0 Å². The molecule has 98 valence electrons. The van der Waals surface area contributed by atoms with E-state index in [9.17, 15) is 10.1 Å². The Labute approximate surface area is 106 Å². The third kappa shape index (κ3) is 2.95. The van der Waals surface area contributed by atoms with E-state index in [0.717, 1.165) is 13.0 Å². The SMILES string of the molecule is CN1CCCCC1CNc1ncccc1[N+](=O)[O-]. The molecule has 0 amide bonds. The molecule has 1 atom stereocenters. The van der Waals surface area contributed by atoms with Gasteiger partial charge in [0.15, 0.2) is 0 Å². The molecule has 2 heterocycles. The van der Waals surface area contributed by atoms with Gasteiger partial charge in [-0.15, -0.1) is 0 Å². The first-order chi connectivity index (χ1) is 8.68. The van der Waals surface area contributed by atoms with Crippen LogP contribution in [0.15, 0.2) is 18.3 Å². The van der Waals surface area contributed by atoms with E-state index >= 15 is 0 Å². The maximum atomic E-state index is 10.9. The summed E-state index contributed by atoms with van der Waals surface area (Å²) in [5.41, 5.74) is 0.0379. The normalized spacial score (nSPS) is 20.6. The van der Waals surface area contributed by atoms with Crippen LogP contribution in [0, 0.1) is 10.1 Å². The summed E-state index contributed by atoms with van der Waals surface area (Å²) < 4.78 is 0. The van der Waals surface area contributed by atoms with Crippen molar-refractivity contribution >= 4 is 11.5 Å². The molecule has 1 aromatic heterocycles. The summed E-state index contributed by atoms with van der Waals surface area (Å²) in [5.74, 6) is 0.362. The number of anilines is 1. The van der Waals surface area contributed by atoms with Gasteiger partial charge in [0.2, 0.25) is 5.82 Å². The number of aromatic nitrogens is 1. The zero-order chi connectivity index (χ0) is 13.0. The Morgan fingerprint density at radius 2 is 2.44 bits per heavy atom. The van der Waals surface area contributed by atoms with E-state index in [0.29, 0.717) is 18.4 Å². The number of likely N-dealkylation sites (N-methyl/N-ethyl adjacent to an activating group) is 1. The van der Waals surface area contributed by atoms with Gasteiger partial charge in [-0.3, -0.25) is 10.1 Å². The number of hydrogen-bond acceptors (Lipinski definition) is 5. The Kier molecular flexibility index (Phi) is 4.09. The zero-order valence-corrected chi connectivity index (χ0v) is 10.5. The Morgan fingerprint density at radius 1 is 1.61 bits per heavy atom. The minimum atomic E-state index is -0.403. The molecule has 2 rings (SSSR count). The summed E-state index contributed by atoms with van der Waals surface area (Å²) in [6, 6.07) is 3.48. The molecule has 1 fully saturated rings. The molecule has 6 nitrogen and oxygen atoms in total. The van der Waals surface area contributed by atoms with E-state index in [2.05, 4.69) is 22.2 Å². The summed E-state index contributed by atoms with van der Waals surface area (Å²) >= 11 is 0. The van der Waals surface area contributed by atoms with Crippen molar-refractivity contribution in [1.29, 1.82) is 0 Å². The van der Waals surface area contributed by atoms with Gasteiger partial charge < -0.3 is 10.2 Å². The topological polar surface area (TPSA) is 71.3 Å². The largest absolute Gasteiger partial charge is 0.363 e. The minimum absolute atomic E-state index is 0.0379. The van der Waals surface area contributed by atoms with Crippen molar-refractivity contribution in [1.82, 2.24) is 9.88 Å². The van der Waals surface area contributed by atoms with Gasteiger partial charge in [-0.25, -0.2) is 4.98 Å². The monoisotopic (exact) mass is 250 g/mol. The van der Waals surface area contributed by atoms with Crippen molar-refractivity contribution in [3.63, 3.8) is 0 Å². The highest BCUT2D eigenvalue weighted by molar-refractivity contribution is 5.55. The van der Waals surface area contributed by atoms with Crippen LogP contribution in [0.1, 0.15) is 19.3 Å². The molecule has 0 saturated carbocycles. The predicted octanol–water partition coefficient (Wildman–Crippen LogP) is 1.89. The molecule has 1 unspecified atom stereocenters. The summed E-state index contributed by atoms with van der Waals surface area (Å²) in [4.78, 5) is 16.8. The van der Waals surface area contributed by atoms with Gasteiger partial charge in [-0.1, -0.05) is 6.42 Å². The van der Waals surface area contributed by atoms with Crippen LogP contribution in [0.5, 0.6) is 0 Å². The van der Waals surface area contributed by atoms with Gasteiger partial charge >= 0.3 is 5.69 Å². The quantitative estimate of drug-likeness (QED) is 0.652. The molecule has 0 radical (unpaired) electrons. The number of rotatable bonds is 4. The van der Waals surface area contributed by atoms with Crippen LogP contribution in [0.4, 0.5) is 11.5 Å². The van der Waals surface area contributed by atoms with Crippen LogP contribution in [0.3, 0.4) is 0 Å². The first-order valence-electron chi connectivity index (χ1n) is 6.22. The highest BCUT2D eigenvalue weighted by atomic mass is 16.6. The Balaban J connectivity index is 1.99. The second-order valence-electron chi connectivity index (χ2n) is 4.64. The molecular weight excluding hydrogens is 232 g/mol. The molecule has 0 bridgehead atoms. The van der Waals surface area contributed by atoms with Crippen molar-refractivity contribution in [3.05, 3.63) is 28.4 Å². The molecule has 1 aromatic rings. The molecule has 6 heteroatoms. The summed E-state index contributed by atoms with van der Waals surface area (Å²) in [7, 11) is 2.10. The smallest absolute Gasteiger partial charge is 0.311 e. The van der Waals surface area contributed by atoms with Crippen molar-refractivity contribution in [3.8, 4) is 0 Å². The van der Waals surface area contributed by atoms with Crippen molar-refractivity contribution in [2.24, 2.45) is 0 Å². The van der Waals surface area contributed by atoms with Crippen molar-refractivity contribution < 1.29 is 4.92 Å². The number of nitrogens with zero attached hydrogens (tertiary/aromatic N) is 3. The summed E-state index contributed by atoms with van der Waals surface area (Å²) in [5, 5.41) is 14.0. The Hall–Kier alpha value is -1.69. The summed E-state index contributed by atoms with van der Waals surface area (Å²) in [6.45, 7) is 1.80. The molecule has 1 aliphatic heterocycles. The van der Waals surface area contributed by atoms with Crippen LogP contribution in [0.25, 0.3) is 0 Å². The standard InChI is InChI=1S/C12H18N4O2/c1-15-8-3-2-5-10(15)9-14-12-11(16(17)18)6-4-7-13-12/h4,6-7,10H,2-3,5,8-9H2,1H3,(H,13,14). The van der Waals surface area contributed by atoms with Gasteiger partial charge in [0.25, 0.3) is 0 Å². The van der Waals surface area contributed by atoms with Crippen LogP contribution in [0.2, 0.25) is 0 Å². The Morgan fingerprint density at radius 3 is 3.17 bits per heavy atom. The maximum Gasteiger partial charge on any atom is 0.311 e. The minimum Gasteiger partial charge on any atom is -0.363 e. The highest BCUT2D eigenvalue weighted by Gasteiger charge is 2.20. The third-order valence-electron chi connectivity index (χ3n) is 3.41. The van der Waals surface area contributed by atoms with Crippen LogP contribution in [-0.2, 0) is 0 Å². The average molecular weight is 250 g/mol. The first-order valence-corrected chi connectivity index (χ1v) is 6.22. The molecule has 1 aliphatic rings. The van der Waals surface area contributed by atoms with Crippen LogP contribution in [-0.4, -0.2) is 41.0 Å². The first kappa shape index (κ1) is 12.8. The maximum absolute atomic E-state index is 10.9. The van der Waals surface area contributed by atoms with E-state index < -0.39 is 4.92 Å².